The van der Waals surface area contributed by atoms with E-state index in [0.717, 1.165) is 0 Å². The summed E-state index contributed by atoms with van der Waals surface area (Å²) in [6, 6.07) is 4.47. The summed E-state index contributed by atoms with van der Waals surface area (Å²) >= 11 is 0. The van der Waals surface area contributed by atoms with E-state index >= 15 is 0 Å². The van der Waals surface area contributed by atoms with Crippen LogP contribution in [-0.2, 0) is 0 Å². The van der Waals surface area contributed by atoms with Gasteiger partial charge in [0.2, 0.25) is 0 Å². The van der Waals surface area contributed by atoms with E-state index in [2.05, 4.69) is 4.98 Å². The Morgan fingerprint density at radius 3 is 2.78 bits per heavy atom. The van der Waals surface area contributed by atoms with Gasteiger partial charge in [0.25, 0.3) is 5.69 Å². The molecule has 0 saturated heterocycles. The number of carbonyl (C=O) groups excluding carboxylic acids is 1. The Bertz CT molecular complexity index is 652. The quantitative estimate of drug-likeness (QED) is 0.471. The molecule has 6 heteroatoms. The van der Waals surface area contributed by atoms with Gasteiger partial charge in [-0.3, -0.25) is 19.9 Å². The van der Waals surface area contributed by atoms with Crippen molar-refractivity contribution in [1.82, 2.24) is 4.98 Å². The van der Waals surface area contributed by atoms with Crippen molar-refractivity contribution < 1.29 is 14.5 Å². The average molecular weight is 246 g/mol. The Kier molecular flexibility index (Phi) is 2.93. The highest BCUT2D eigenvalue weighted by Gasteiger charge is 2.24. The zero-order valence-electron chi connectivity index (χ0n) is 9.84. The van der Waals surface area contributed by atoms with Crippen LogP contribution >= 0.6 is 0 Å². The molecule has 18 heavy (non-hydrogen) atoms. The number of fused-ring (bicyclic) bond motifs is 1. The molecule has 0 radical (unpaired) electrons. The number of aromatic nitrogens is 1. The van der Waals surface area contributed by atoms with Crippen molar-refractivity contribution in [2.45, 2.75) is 6.92 Å². The standard InChI is InChI=1S/C12H10N2O4/c1-7(15)11-8-4-3-5-13-12(8)10(18-2)6-9(11)14(16)17/h3-6H,1-2H3. The molecular formula is C12H10N2O4. The molecule has 0 unspecified atom stereocenters. The summed E-state index contributed by atoms with van der Waals surface area (Å²) in [7, 11) is 1.40. The second-order valence-electron chi connectivity index (χ2n) is 3.69. The first kappa shape index (κ1) is 12.0. The monoisotopic (exact) mass is 246 g/mol. The summed E-state index contributed by atoms with van der Waals surface area (Å²) in [4.78, 5) is 26.1. The first-order valence-electron chi connectivity index (χ1n) is 5.17. The van der Waals surface area contributed by atoms with E-state index in [-0.39, 0.29) is 22.8 Å². The third-order valence-corrected chi connectivity index (χ3v) is 2.60. The summed E-state index contributed by atoms with van der Waals surface area (Å²) < 4.78 is 5.07. The average Bonchev–Trinajstić information content (AvgIpc) is 2.36. The normalized spacial score (nSPS) is 10.3. The Morgan fingerprint density at radius 1 is 1.50 bits per heavy atom. The van der Waals surface area contributed by atoms with Crippen molar-refractivity contribution in [3.8, 4) is 5.75 Å². The molecule has 0 aliphatic carbocycles. The number of nitrogens with zero attached hydrogens (tertiary/aromatic N) is 2. The van der Waals surface area contributed by atoms with Gasteiger partial charge in [-0.05, 0) is 13.0 Å². The lowest BCUT2D eigenvalue weighted by Crippen LogP contribution is -2.03. The van der Waals surface area contributed by atoms with Crippen LogP contribution in [0.25, 0.3) is 10.9 Å². The van der Waals surface area contributed by atoms with Crippen LogP contribution in [0.2, 0.25) is 0 Å². The molecule has 92 valence electrons. The van der Waals surface area contributed by atoms with E-state index in [0.29, 0.717) is 10.9 Å². The minimum atomic E-state index is -0.592. The fraction of sp³-hybridized carbons (Fsp3) is 0.167. The molecule has 1 aromatic carbocycles. The predicted molar refractivity (Wildman–Crippen MR) is 65.0 cm³/mol. The summed E-state index contributed by atoms with van der Waals surface area (Å²) in [5, 5.41) is 11.4. The maximum absolute atomic E-state index is 11.6. The second-order valence-corrected chi connectivity index (χ2v) is 3.69. The number of carbonyl (C=O) groups is 1. The first-order valence-corrected chi connectivity index (χ1v) is 5.17. The van der Waals surface area contributed by atoms with Crippen LogP contribution in [0.1, 0.15) is 17.3 Å². The van der Waals surface area contributed by atoms with Crippen molar-refractivity contribution in [3.63, 3.8) is 0 Å². The van der Waals surface area contributed by atoms with Crippen LogP contribution < -0.4 is 4.74 Å². The molecular weight excluding hydrogens is 236 g/mol. The summed E-state index contributed by atoms with van der Waals surface area (Å²) in [6.45, 7) is 1.29. The Labute approximate surface area is 102 Å². The van der Waals surface area contributed by atoms with Gasteiger partial charge >= 0.3 is 0 Å². The van der Waals surface area contributed by atoms with Crippen LogP contribution in [0.3, 0.4) is 0 Å². The van der Waals surface area contributed by atoms with Gasteiger partial charge in [0.1, 0.15) is 11.1 Å². The van der Waals surface area contributed by atoms with Crippen molar-refractivity contribution in [2.75, 3.05) is 7.11 Å². The van der Waals surface area contributed by atoms with E-state index < -0.39 is 4.92 Å². The number of nitro benzene ring substituents is 1. The van der Waals surface area contributed by atoms with Crippen LogP contribution in [-0.4, -0.2) is 22.8 Å². The first-order chi connectivity index (χ1) is 8.56. The molecule has 0 amide bonds. The Morgan fingerprint density at radius 2 is 2.22 bits per heavy atom. The smallest absolute Gasteiger partial charge is 0.284 e. The van der Waals surface area contributed by atoms with Gasteiger partial charge in [0.05, 0.1) is 18.1 Å². The molecule has 1 heterocycles. The zero-order chi connectivity index (χ0) is 13.3. The molecule has 2 rings (SSSR count). The zero-order valence-corrected chi connectivity index (χ0v) is 9.84. The maximum atomic E-state index is 11.6. The molecule has 0 N–H and O–H groups in total. The van der Waals surface area contributed by atoms with Gasteiger partial charge in [-0.1, -0.05) is 6.07 Å². The van der Waals surface area contributed by atoms with Gasteiger partial charge in [-0.15, -0.1) is 0 Å². The van der Waals surface area contributed by atoms with Crippen molar-refractivity contribution >= 4 is 22.4 Å². The van der Waals surface area contributed by atoms with E-state index in [1.165, 1.54) is 20.1 Å². The predicted octanol–water partition coefficient (Wildman–Crippen LogP) is 2.35. The third kappa shape index (κ3) is 1.77. The number of Topliss-reactive ketones (excluding diaryl/α,β-unsaturated/α-hetero) is 1. The van der Waals surface area contributed by atoms with Crippen molar-refractivity contribution in [1.29, 1.82) is 0 Å². The van der Waals surface area contributed by atoms with Crippen molar-refractivity contribution in [3.05, 3.63) is 40.1 Å². The molecule has 0 atom stereocenters. The third-order valence-electron chi connectivity index (χ3n) is 2.60. The minimum Gasteiger partial charge on any atom is -0.494 e. The highest BCUT2D eigenvalue weighted by Crippen LogP contribution is 2.34. The molecule has 1 aromatic heterocycles. The van der Waals surface area contributed by atoms with E-state index in [1.807, 2.05) is 0 Å². The highest BCUT2D eigenvalue weighted by atomic mass is 16.6. The maximum Gasteiger partial charge on any atom is 0.284 e. The molecule has 0 spiro atoms. The number of benzene rings is 1. The summed E-state index contributed by atoms with van der Waals surface area (Å²) in [6.07, 6.45) is 1.54. The fourth-order valence-electron chi connectivity index (χ4n) is 1.88. The Balaban J connectivity index is 2.97. The molecule has 0 bridgehead atoms. The van der Waals surface area contributed by atoms with E-state index in [9.17, 15) is 14.9 Å². The largest absolute Gasteiger partial charge is 0.494 e. The lowest BCUT2D eigenvalue weighted by Gasteiger charge is -2.08. The number of nitro groups is 1. The number of methoxy groups -OCH3 is 1. The lowest BCUT2D eigenvalue weighted by molar-refractivity contribution is -0.385. The van der Waals surface area contributed by atoms with Crippen molar-refractivity contribution in [2.24, 2.45) is 0 Å². The fourth-order valence-corrected chi connectivity index (χ4v) is 1.88. The number of hydrogen-bond donors (Lipinski definition) is 0. The number of pyridine rings is 1. The topological polar surface area (TPSA) is 82.3 Å². The molecule has 6 nitrogen and oxygen atoms in total. The number of ether oxygens (including phenoxy) is 1. The molecule has 0 aliphatic rings. The molecule has 0 fully saturated rings. The minimum absolute atomic E-state index is 0.0592. The van der Waals surface area contributed by atoms with Gasteiger partial charge < -0.3 is 4.74 Å². The van der Waals surface area contributed by atoms with Crippen LogP contribution in [0.5, 0.6) is 5.75 Å². The van der Waals surface area contributed by atoms with Gasteiger partial charge in [0, 0.05) is 11.6 Å². The summed E-state index contributed by atoms with van der Waals surface area (Å²) in [5.41, 5.74) is 0.236. The van der Waals surface area contributed by atoms with Crippen LogP contribution in [0, 0.1) is 10.1 Å². The summed E-state index contributed by atoms with van der Waals surface area (Å²) in [5.74, 6) is -0.0929. The lowest BCUT2D eigenvalue weighted by atomic mass is 10.0. The number of rotatable bonds is 3. The van der Waals surface area contributed by atoms with Gasteiger partial charge in [-0.2, -0.15) is 0 Å². The Hall–Kier alpha value is -2.50. The molecule has 2 aromatic rings. The molecule has 0 aliphatic heterocycles. The number of hydrogen-bond acceptors (Lipinski definition) is 5. The highest BCUT2D eigenvalue weighted by molar-refractivity contribution is 6.11. The number of ketones is 1. The van der Waals surface area contributed by atoms with Gasteiger partial charge in [0.15, 0.2) is 11.5 Å². The van der Waals surface area contributed by atoms with Crippen LogP contribution in [0.4, 0.5) is 5.69 Å². The van der Waals surface area contributed by atoms with Gasteiger partial charge in [-0.25, -0.2) is 0 Å². The second kappa shape index (κ2) is 4.40. The molecule has 0 saturated carbocycles. The van der Waals surface area contributed by atoms with Crippen LogP contribution in [0.15, 0.2) is 24.4 Å². The van der Waals surface area contributed by atoms with E-state index in [1.54, 1.807) is 18.3 Å². The van der Waals surface area contributed by atoms with E-state index in [4.69, 9.17) is 4.74 Å². The SMILES string of the molecule is COc1cc([N+](=O)[O-])c(C(C)=O)c2cccnc12.